The Labute approximate surface area is 137 Å². The summed E-state index contributed by atoms with van der Waals surface area (Å²) in [5, 5.41) is 10.6. The van der Waals surface area contributed by atoms with Gasteiger partial charge < -0.3 is 5.11 Å². The number of benzene rings is 2. The van der Waals surface area contributed by atoms with Gasteiger partial charge in [0.1, 0.15) is 6.10 Å². The summed E-state index contributed by atoms with van der Waals surface area (Å²) in [5.41, 5.74) is 1.68. The summed E-state index contributed by atoms with van der Waals surface area (Å²) >= 11 is 0. The van der Waals surface area contributed by atoms with Crippen LogP contribution < -0.4 is 0 Å². The monoisotopic (exact) mass is 329 g/mol. The van der Waals surface area contributed by atoms with Gasteiger partial charge >= 0.3 is 6.18 Å². The Morgan fingerprint density at radius 2 is 1.50 bits per heavy atom. The second-order valence-corrected chi connectivity index (χ2v) is 5.32. The van der Waals surface area contributed by atoms with Crippen molar-refractivity contribution in [2.24, 2.45) is 0 Å². The minimum atomic E-state index is -4.39. The van der Waals surface area contributed by atoms with Crippen LogP contribution in [0.25, 0.3) is 11.3 Å². The molecule has 2 aromatic carbocycles. The van der Waals surface area contributed by atoms with Gasteiger partial charge in [-0.1, -0.05) is 42.5 Å². The predicted octanol–water partition coefficient (Wildman–Crippen LogP) is 4.85. The van der Waals surface area contributed by atoms with Crippen molar-refractivity contribution < 1.29 is 18.3 Å². The minimum Gasteiger partial charge on any atom is -0.384 e. The third kappa shape index (κ3) is 3.31. The SMILES string of the molecule is OC(c1ccc(C(F)(F)F)cc1)c1ccccc1-c1ccccn1. The zero-order chi connectivity index (χ0) is 17.2. The Kier molecular flexibility index (Phi) is 4.36. The molecule has 0 saturated carbocycles. The first kappa shape index (κ1) is 16.2. The van der Waals surface area contributed by atoms with E-state index in [1.165, 1.54) is 12.1 Å². The van der Waals surface area contributed by atoms with Crippen LogP contribution in [0.3, 0.4) is 0 Å². The highest BCUT2D eigenvalue weighted by atomic mass is 19.4. The third-order valence-corrected chi connectivity index (χ3v) is 3.75. The fraction of sp³-hybridized carbons (Fsp3) is 0.105. The number of pyridine rings is 1. The van der Waals surface area contributed by atoms with Crippen LogP contribution in [-0.4, -0.2) is 10.1 Å². The molecule has 0 spiro atoms. The Balaban J connectivity index is 1.98. The van der Waals surface area contributed by atoms with Gasteiger partial charge in [0.05, 0.1) is 11.3 Å². The standard InChI is InChI=1S/C19H14F3NO/c20-19(21,22)14-10-8-13(9-11-14)18(24)16-6-2-1-5-15(16)17-7-3-4-12-23-17/h1-12,18,24H. The minimum absolute atomic E-state index is 0.395. The van der Waals surface area contributed by atoms with E-state index in [0.29, 0.717) is 16.8 Å². The number of rotatable bonds is 3. The zero-order valence-corrected chi connectivity index (χ0v) is 12.5. The van der Waals surface area contributed by atoms with Crippen molar-refractivity contribution in [2.45, 2.75) is 12.3 Å². The van der Waals surface area contributed by atoms with E-state index in [9.17, 15) is 18.3 Å². The van der Waals surface area contributed by atoms with Gasteiger partial charge in [0, 0.05) is 11.8 Å². The van der Waals surface area contributed by atoms with E-state index in [1.807, 2.05) is 24.3 Å². The van der Waals surface area contributed by atoms with Crippen molar-refractivity contribution in [3.05, 3.63) is 89.6 Å². The molecule has 0 amide bonds. The zero-order valence-electron chi connectivity index (χ0n) is 12.5. The van der Waals surface area contributed by atoms with Gasteiger partial charge in [-0.15, -0.1) is 0 Å². The first-order valence-corrected chi connectivity index (χ1v) is 7.32. The average molecular weight is 329 g/mol. The van der Waals surface area contributed by atoms with Crippen molar-refractivity contribution >= 4 is 0 Å². The van der Waals surface area contributed by atoms with E-state index in [0.717, 1.165) is 17.7 Å². The molecule has 5 heteroatoms. The van der Waals surface area contributed by atoms with Gasteiger partial charge in [0.25, 0.3) is 0 Å². The molecular formula is C19H14F3NO. The van der Waals surface area contributed by atoms with Crippen molar-refractivity contribution in [2.75, 3.05) is 0 Å². The molecular weight excluding hydrogens is 315 g/mol. The van der Waals surface area contributed by atoms with Crippen molar-refractivity contribution in [3.8, 4) is 11.3 Å². The summed E-state index contributed by atoms with van der Waals surface area (Å²) in [5.74, 6) is 0. The number of aliphatic hydroxyl groups excluding tert-OH is 1. The van der Waals surface area contributed by atoms with Gasteiger partial charge in [-0.3, -0.25) is 4.98 Å². The summed E-state index contributed by atoms with van der Waals surface area (Å²) in [4.78, 5) is 4.27. The molecule has 0 aliphatic heterocycles. The number of nitrogens with zero attached hydrogens (tertiary/aromatic N) is 1. The lowest BCUT2D eigenvalue weighted by Crippen LogP contribution is -2.06. The van der Waals surface area contributed by atoms with Crippen LogP contribution in [0.2, 0.25) is 0 Å². The van der Waals surface area contributed by atoms with Crippen LogP contribution >= 0.6 is 0 Å². The van der Waals surface area contributed by atoms with Gasteiger partial charge in [-0.05, 0) is 35.4 Å². The molecule has 24 heavy (non-hydrogen) atoms. The Bertz CT molecular complexity index is 814. The fourth-order valence-corrected chi connectivity index (χ4v) is 2.52. The van der Waals surface area contributed by atoms with Crippen LogP contribution in [-0.2, 0) is 6.18 Å². The summed E-state index contributed by atoms with van der Waals surface area (Å²) in [6.45, 7) is 0. The molecule has 1 aromatic heterocycles. The lowest BCUT2D eigenvalue weighted by Gasteiger charge is -2.16. The summed E-state index contributed by atoms with van der Waals surface area (Å²) in [7, 11) is 0. The Hall–Kier alpha value is -2.66. The van der Waals surface area contributed by atoms with Gasteiger partial charge in [0.15, 0.2) is 0 Å². The largest absolute Gasteiger partial charge is 0.416 e. The van der Waals surface area contributed by atoms with E-state index >= 15 is 0 Å². The predicted molar refractivity (Wildman–Crippen MR) is 85.2 cm³/mol. The van der Waals surface area contributed by atoms with E-state index in [4.69, 9.17) is 0 Å². The highest BCUT2D eigenvalue weighted by molar-refractivity contribution is 5.65. The number of hydrogen-bond donors (Lipinski definition) is 1. The fourth-order valence-electron chi connectivity index (χ4n) is 2.52. The normalized spacial score (nSPS) is 12.8. The number of hydrogen-bond acceptors (Lipinski definition) is 2. The third-order valence-electron chi connectivity index (χ3n) is 3.75. The quantitative estimate of drug-likeness (QED) is 0.745. The van der Waals surface area contributed by atoms with Crippen molar-refractivity contribution in [1.82, 2.24) is 4.98 Å². The molecule has 1 N–H and O–H groups in total. The Morgan fingerprint density at radius 1 is 0.833 bits per heavy atom. The van der Waals surface area contributed by atoms with Crippen LogP contribution in [0.5, 0.6) is 0 Å². The number of halogens is 3. The Morgan fingerprint density at radius 3 is 2.12 bits per heavy atom. The molecule has 0 aliphatic carbocycles. The smallest absolute Gasteiger partial charge is 0.384 e. The van der Waals surface area contributed by atoms with E-state index in [2.05, 4.69) is 4.98 Å². The summed E-state index contributed by atoms with van der Waals surface area (Å²) < 4.78 is 38.0. The summed E-state index contributed by atoms with van der Waals surface area (Å²) in [6.07, 6.45) is -3.78. The number of aliphatic hydroxyl groups is 1. The highest BCUT2D eigenvalue weighted by Gasteiger charge is 2.30. The van der Waals surface area contributed by atoms with Gasteiger partial charge in [0.2, 0.25) is 0 Å². The molecule has 0 saturated heterocycles. The van der Waals surface area contributed by atoms with E-state index in [-0.39, 0.29) is 0 Å². The topological polar surface area (TPSA) is 33.1 Å². The highest BCUT2D eigenvalue weighted by Crippen LogP contribution is 2.33. The molecule has 0 fully saturated rings. The first-order chi connectivity index (χ1) is 11.5. The average Bonchev–Trinajstić information content (AvgIpc) is 2.61. The molecule has 3 aromatic rings. The molecule has 1 unspecified atom stereocenters. The first-order valence-electron chi connectivity index (χ1n) is 7.32. The van der Waals surface area contributed by atoms with E-state index in [1.54, 1.807) is 24.4 Å². The summed E-state index contributed by atoms with van der Waals surface area (Å²) in [6, 6.07) is 17.1. The van der Waals surface area contributed by atoms with Crippen molar-refractivity contribution in [3.63, 3.8) is 0 Å². The maximum Gasteiger partial charge on any atom is 0.416 e. The molecule has 0 bridgehead atoms. The molecule has 122 valence electrons. The van der Waals surface area contributed by atoms with Crippen LogP contribution in [0.15, 0.2) is 72.9 Å². The molecule has 3 rings (SSSR count). The molecule has 0 aliphatic rings. The van der Waals surface area contributed by atoms with E-state index < -0.39 is 17.8 Å². The maximum atomic E-state index is 12.7. The van der Waals surface area contributed by atoms with Crippen LogP contribution in [0, 0.1) is 0 Å². The molecule has 1 atom stereocenters. The van der Waals surface area contributed by atoms with Crippen LogP contribution in [0.1, 0.15) is 22.8 Å². The van der Waals surface area contributed by atoms with Crippen LogP contribution in [0.4, 0.5) is 13.2 Å². The lowest BCUT2D eigenvalue weighted by atomic mass is 9.94. The molecule has 2 nitrogen and oxygen atoms in total. The van der Waals surface area contributed by atoms with Crippen molar-refractivity contribution in [1.29, 1.82) is 0 Å². The molecule has 0 radical (unpaired) electrons. The number of aromatic nitrogens is 1. The van der Waals surface area contributed by atoms with Gasteiger partial charge in [-0.25, -0.2) is 0 Å². The number of alkyl halides is 3. The molecule has 1 heterocycles. The second kappa shape index (κ2) is 6.45. The van der Waals surface area contributed by atoms with Gasteiger partial charge in [-0.2, -0.15) is 13.2 Å². The lowest BCUT2D eigenvalue weighted by molar-refractivity contribution is -0.137. The maximum absolute atomic E-state index is 12.7. The second-order valence-electron chi connectivity index (χ2n) is 5.32.